The fourth-order valence-electron chi connectivity index (χ4n) is 2.65. The van der Waals surface area contributed by atoms with Gasteiger partial charge in [0.2, 0.25) is 15.9 Å². The summed E-state index contributed by atoms with van der Waals surface area (Å²) in [6, 6.07) is 0. The lowest BCUT2D eigenvalue weighted by atomic mass is 9.84. The molecule has 0 atom stereocenters. The third kappa shape index (κ3) is 2.16. The zero-order valence-corrected chi connectivity index (χ0v) is 11.4. The van der Waals surface area contributed by atoms with E-state index in [4.69, 9.17) is 0 Å². The SMILES string of the molecule is O=C(C1CCC1)N1CCN(S(=O)(=O)C2CC2)CC1. The van der Waals surface area contributed by atoms with Crippen LogP contribution < -0.4 is 0 Å². The molecule has 3 aliphatic rings. The van der Waals surface area contributed by atoms with Gasteiger partial charge in [-0.1, -0.05) is 6.42 Å². The lowest BCUT2D eigenvalue weighted by Crippen LogP contribution is -2.53. The maximum atomic E-state index is 12.0. The van der Waals surface area contributed by atoms with Crippen LogP contribution in [-0.2, 0) is 14.8 Å². The van der Waals surface area contributed by atoms with E-state index in [1.165, 1.54) is 0 Å². The number of amides is 1. The molecule has 0 aromatic rings. The van der Waals surface area contributed by atoms with Crippen molar-refractivity contribution in [2.45, 2.75) is 37.4 Å². The Hall–Kier alpha value is -0.620. The molecule has 6 heteroatoms. The van der Waals surface area contributed by atoms with Crippen molar-refractivity contribution in [3.05, 3.63) is 0 Å². The van der Waals surface area contributed by atoms with Gasteiger partial charge in [-0.3, -0.25) is 4.79 Å². The second kappa shape index (κ2) is 4.49. The van der Waals surface area contributed by atoms with Gasteiger partial charge in [0.1, 0.15) is 0 Å². The molecule has 0 N–H and O–H groups in total. The fraction of sp³-hybridized carbons (Fsp3) is 0.917. The lowest BCUT2D eigenvalue weighted by molar-refractivity contribution is -0.139. The first-order valence-corrected chi connectivity index (χ1v) is 8.37. The van der Waals surface area contributed by atoms with E-state index in [0.717, 1.165) is 32.1 Å². The van der Waals surface area contributed by atoms with Crippen molar-refractivity contribution in [3.63, 3.8) is 0 Å². The maximum absolute atomic E-state index is 12.0. The zero-order valence-electron chi connectivity index (χ0n) is 10.5. The van der Waals surface area contributed by atoms with Gasteiger partial charge in [-0.2, -0.15) is 4.31 Å². The molecule has 0 bridgehead atoms. The molecular weight excluding hydrogens is 252 g/mol. The summed E-state index contributed by atoms with van der Waals surface area (Å²) in [5.41, 5.74) is 0. The second-order valence-corrected chi connectivity index (χ2v) is 7.81. The normalized spacial score (nSPS) is 27.0. The second-order valence-electron chi connectivity index (χ2n) is 5.60. The molecule has 0 radical (unpaired) electrons. The Balaban J connectivity index is 1.56. The predicted molar refractivity (Wildman–Crippen MR) is 67.4 cm³/mol. The number of carbonyl (C=O) groups excluding carboxylic acids is 1. The Kier molecular flexibility index (Phi) is 3.10. The average molecular weight is 272 g/mol. The Morgan fingerprint density at radius 2 is 1.56 bits per heavy atom. The third-order valence-electron chi connectivity index (χ3n) is 4.31. The Labute approximate surface area is 108 Å². The van der Waals surface area contributed by atoms with Gasteiger partial charge in [0.05, 0.1) is 5.25 Å². The summed E-state index contributed by atoms with van der Waals surface area (Å²) in [6.45, 7) is 2.11. The highest BCUT2D eigenvalue weighted by molar-refractivity contribution is 7.90. The Morgan fingerprint density at radius 1 is 0.944 bits per heavy atom. The van der Waals surface area contributed by atoms with Crippen molar-refractivity contribution in [1.82, 2.24) is 9.21 Å². The van der Waals surface area contributed by atoms with E-state index >= 15 is 0 Å². The van der Waals surface area contributed by atoms with Crippen LogP contribution in [0.25, 0.3) is 0 Å². The highest BCUT2D eigenvalue weighted by Gasteiger charge is 2.41. The first-order valence-electron chi connectivity index (χ1n) is 6.87. The van der Waals surface area contributed by atoms with Crippen LogP contribution in [0.5, 0.6) is 0 Å². The molecule has 1 aliphatic heterocycles. The average Bonchev–Trinajstić information content (AvgIpc) is 3.10. The van der Waals surface area contributed by atoms with Gasteiger partial charge in [-0.05, 0) is 25.7 Å². The molecule has 18 heavy (non-hydrogen) atoms. The van der Waals surface area contributed by atoms with Crippen LogP contribution >= 0.6 is 0 Å². The third-order valence-corrected chi connectivity index (χ3v) is 6.71. The summed E-state index contributed by atoms with van der Waals surface area (Å²) in [5.74, 6) is 0.460. The molecule has 5 nitrogen and oxygen atoms in total. The molecule has 3 rings (SSSR count). The fourth-order valence-corrected chi connectivity index (χ4v) is 4.48. The number of carbonyl (C=O) groups is 1. The first kappa shape index (κ1) is 12.4. The van der Waals surface area contributed by atoms with Crippen molar-refractivity contribution < 1.29 is 13.2 Å². The summed E-state index contributed by atoms with van der Waals surface area (Å²) in [6.07, 6.45) is 4.80. The van der Waals surface area contributed by atoms with Crippen molar-refractivity contribution in [1.29, 1.82) is 0 Å². The molecule has 3 fully saturated rings. The van der Waals surface area contributed by atoms with Crippen molar-refractivity contribution in [2.75, 3.05) is 26.2 Å². The summed E-state index contributed by atoms with van der Waals surface area (Å²) in [7, 11) is -3.05. The Bertz CT molecular complexity index is 432. The van der Waals surface area contributed by atoms with Crippen LogP contribution in [-0.4, -0.2) is 55.0 Å². The number of hydrogen-bond donors (Lipinski definition) is 0. The van der Waals surface area contributed by atoms with Crippen molar-refractivity contribution >= 4 is 15.9 Å². The van der Waals surface area contributed by atoms with Crippen LogP contribution in [0.1, 0.15) is 32.1 Å². The van der Waals surface area contributed by atoms with Crippen LogP contribution in [0.3, 0.4) is 0 Å². The monoisotopic (exact) mass is 272 g/mol. The molecule has 2 saturated carbocycles. The first-order chi connectivity index (χ1) is 8.59. The van der Waals surface area contributed by atoms with E-state index in [9.17, 15) is 13.2 Å². The quantitative estimate of drug-likeness (QED) is 0.748. The van der Waals surface area contributed by atoms with Crippen LogP contribution in [0.4, 0.5) is 0 Å². The van der Waals surface area contributed by atoms with E-state index in [1.54, 1.807) is 4.31 Å². The number of piperazine rings is 1. The van der Waals surface area contributed by atoms with Gasteiger partial charge in [0, 0.05) is 32.1 Å². The zero-order chi connectivity index (χ0) is 12.8. The highest BCUT2D eigenvalue weighted by Crippen LogP contribution is 2.32. The molecule has 2 aliphatic carbocycles. The number of hydrogen-bond acceptors (Lipinski definition) is 3. The maximum Gasteiger partial charge on any atom is 0.225 e. The van der Waals surface area contributed by atoms with E-state index in [-0.39, 0.29) is 17.1 Å². The smallest absolute Gasteiger partial charge is 0.225 e. The minimum absolute atomic E-state index is 0.133. The minimum Gasteiger partial charge on any atom is -0.340 e. The highest BCUT2D eigenvalue weighted by atomic mass is 32.2. The molecule has 1 saturated heterocycles. The van der Waals surface area contributed by atoms with Crippen molar-refractivity contribution in [2.24, 2.45) is 5.92 Å². The van der Waals surface area contributed by atoms with Gasteiger partial charge in [0.15, 0.2) is 0 Å². The minimum atomic E-state index is -3.05. The summed E-state index contributed by atoms with van der Waals surface area (Å²) >= 11 is 0. The molecule has 0 aromatic heterocycles. The molecule has 102 valence electrons. The van der Waals surface area contributed by atoms with E-state index in [1.807, 2.05) is 4.90 Å². The van der Waals surface area contributed by atoms with Gasteiger partial charge >= 0.3 is 0 Å². The van der Waals surface area contributed by atoms with E-state index in [0.29, 0.717) is 26.2 Å². The Morgan fingerprint density at radius 3 is 2.00 bits per heavy atom. The predicted octanol–water partition coefficient (Wildman–Crippen LogP) is 0.423. The van der Waals surface area contributed by atoms with Crippen LogP contribution in [0.15, 0.2) is 0 Å². The molecule has 1 amide bonds. The number of rotatable bonds is 3. The lowest BCUT2D eigenvalue weighted by Gasteiger charge is -2.37. The van der Waals surface area contributed by atoms with Gasteiger partial charge in [-0.25, -0.2) is 8.42 Å². The van der Waals surface area contributed by atoms with Gasteiger partial charge in [-0.15, -0.1) is 0 Å². The van der Waals surface area contributed by atoms with Gasteiger partial charge < -0.3 is 4.90 Å². The van der Waals surface area contributed by atoms with Crippen molar-refractivity contribution in [3.8, 4) is 0 Å². The summed E-state index contributed by atoms with van der Waals surface area (Å²) < 4.78 is 25.7. The topological polar surface area (TPSA) is 57.7 Å². The standard InChI is InChI=1S/C12H20N2O3S/c15-12(10-2-1-3-10)13-6-8-14(9-7-13)18(16,17)11-4-5-11/h10-11H,1-9H2. The largest absolute Gasteiger partial charge is 0.340 e. The van der Waals surface area contributed by atoms with E-state index in [2.05, 4.69) is 0 Å². The molecule has 0 aromatic carbocycles. The molecule has 0 unspecified atom stereocenters. The number of nitrogens with zero attached hydrogens (tertiary/aromatic N) is 2. The molecule has 0 spiro atoms. The number of sulfonamides is 1. The van der Waals surface area contributed by atoms with Crippen LogP contribution in [0.2, 0.25) is 0 Å². The summed E-state index contributed by atoms with van der Waals surface area (Å²) in [5, 5.41) is -0.133. The molecule has 1 heterocycles. The van der Waals surface area contributed by atoms with Gasteiger partial charge in [0.25, 0.3) is 0 Å². The summed E-state index contributed by atoms with van der Waals surface area (Å²) in [4.78, 5) is 13.9. The molecular formula is C12H20N2O3S. The van der Waals surface area contributed by atoms with Crippen LogP contribution in [0, 0.1) is 5.92 Å². The van der Waals surface area contributed by atoms with E-state index < -0.39 is 10.0 Å².